The number of ether oxygens (including phenoxy) is 1. The summed E-state index contributed by atoms with van der Waals surface area (Å²) < 4.78 is 11.9. The van der Waals surface area contributed by atoms with Crippen LogP contribution in [0.5, 0.6) is 11.6 Å². The van der Waals surface area contributed by atoms with Crippen molar-refractivity contribution in [2.45, 2.75) is 6.92 Å². The highest BCUT2D eigenvalue weighted by molar-refractivity contribution is 9.10. The number of rotatable bonds is 2. The van der Waals surface area contributed by atoms with Gasteiger partial charge < -0.3 is 9.15 Å². The summed E-state index contributed by atoms with van der Waals surface area (Å²) >= 11 is 3.40. The number of hydrogen-bond acceptors (Lipinski definition) is 4. The van der Waals surface area contributed by atoms with Crippen LogP contribution in [0.4, 0.5) is 0 Å². The van der Waals surface area contributed by atoms with Gasteiger partial charge in [0, 0.05) is 6.20 Å². The highest BCUT2D eigenvalue weighted by atomic mass is 79.9. The first-order valence-electron chi connectivity index (χ1n) is 5.90. The number of nitriles is 1. The van der Waals surface area contributed by atoms with E-state index < -0.39 is 0 Å². The maximum absolute atomic E-state index is 9.16. The van der Waals surface area contributed by atoms with Crippen molar-refractivity contribution in [2.24, 2.45) is 0 Å². The summed E-state index contributed by atoms with van der Waals surface area (Å²) in [7, 11) is 0. The largest absolute Gasteiger partial charge is 0.442 e. The van der Waals surface area contributed by atoms with Crippen LogP contribution in [-0.2, 0) is 0 Å². The normalized spacial score (nSPS) is 10.4. The summed E-state index contributed by atoms with van der Waals surface area (Å²) in [5.41, 5.74) is 1.63. The first-order valence-corrected chi connectivity index (χ1v) is 6.70. The standard InChI is InChI=1S/C15H9BrN2O2/c1-9-6-11(16)15(18-8-9)20-14-10-4-2-3-5-12(10)19-13(14)7-17/h2-6,8H,1H3. The number of para-hydroxylation sites is 1. The lowest BCUT2D eigenvalue weighted by atomic mass is 10.2. The number of fused-ring (bicyclic) bond motifs is 1. The first kappa shape index (κ1) is 12.7. The van der Waals surface area contributed by atoms with E-state index >= 15 is 0 Å². The van der Waals surface area contributed by atoms with Crippen LogP contribution in [-0.4, -0.2) is 4.98 Å². The molecule has 0 aliphatic heterocycles. The Bertz CT molecular complexity index is 833. The van der Waals surface area contributed by atoms with Crippen LogP contribution in [0.1, 0.15) is 11.3 Å². The van der Waals surface area contributed by atoms with Crippen LogP contribution < -0.4 is 4.74 Å². The second-order valence-corrected chi connectivity index (χ2v) is 5.12. The van der Waals surface area contributed by atoms with Crippen molar-refractivity contribution in [3.8, 4) is 17.7 Å². The third-order valence-electron chi connectivity index (χ3n) is 2.79. The second-order valence-electron chi connectivity index (χ2n) is 4.27. The minimum absolute atomic E-state index is 0.139. The van der Waals surface area contributed by atoms with Gasteiger partial charge in [0.25, 0.3) is 0 Å². The molecule has 0 bridgehead atoms. The molecule has 98 valence electrons. The second kappa shape index (κ2) is 4.99. The predicted octanol–water partition coefficient (Wildman–Crippen LogP) is 4.56. The summed E-state index contributed by atoms with van der Waals surface area (Å²) in [4.78, 5) is 4.21. The quantitative estimate of drug-likeness (QED) is 0.691. The van der Waals surface area contributed by atoms with Gasteiger partial charge in [0.1, 0.15) is 11.7 Å². The molecule has 0 N–H and O–H groups in total. The van der Waals surface area contributed by atoms with Gasteiger partial charge in [0.2, 0.25) is 11.6 Å². The van der Waals surface area contributed by atoms with Crippen molar-refractivity contribution in [3.05, 3.63) is 52.3 Å². The summed E-state index contributed by atoms with van der Waals surface area (Å²) in [6, 6.07) is 11.2. The van der Waals surface area contributed by atoms with Gasteiger partial charge in [0.15, 0.2) is 5.75 Å². The van der Waals surface area contributed by atoms with Gasteiger partial charge in [-0.1, -0.05) is 12.1 Å². The molecule has 0 atom stereocenters. The molecule has 0 aliphatic carbocycles. The number of nitrogens with zero attached hydrogens (tertiary/aromatic N) is 2. The Kier molecular flexibility index (Phi) is 3.17. The molecule has 2 aromatic heterocycles. The average molecular weight is 329 g/mol. The molecule has 0 fully saturated rings. The summed E-state index contributed by atoms with van der Waals surface area (Å²) in [6.45, 7) is 1.94. The molecule has 4 nitrogen and oxygen atoms in total. The van der Waals surface area contributed by atoms with Gasteiger partial charge >= 0.3 is 0 Å². The van der Waals surface area contributed by atoms with E-state index in [1.54, 1.807) is 12.3 Å². The molecular formula is C15H9BrN2O2. The van der Waals surface area contributed by atoms with E-state index in [1.807, 2.05) is 37.3 Å². The Morgan fingerprint density at radius 2 is 2.15 bits per heavy atom. The van der Waals surface area contributed by atoms with E-state index in [2.05, 4.69) is 20.9 Å². The van der Waals surface area contributed by atoms with Gasteiger partial charge in [0.05, 0.1) is 9.86 Å². The number of pyridine rings is 1. The summed E-state index contributed by atoms with van der Waals surface area (Å²) in [5.74, 6) is 0.930. The maximum atomic E-state index is 9.16. The van der Waals surface area contributed by atoms with Crippen molar-refractivity contribution < 1.29 is 9.15 Å². The smallest absolute Gasteiger partial charge is 0.247 e. The number of aryl methyl sites for hydroxylation is 1. The summed E-state index contributed by atoms with van der Waals surface area (Å²) in [6.07, 6.45) is 1.70. The lowest BCUT2D eigenvalue weighted by molar-refractivity contribution is 0.447. The number of furan rings is 1. The van der Waals surface area contributed by atoms with Crippen LogP contribution in [0.25, 0.3) is 11.0 Å². The molecule has 3 rings (SSSR count). The van der Waals surface area contributed by atoms with Gasteiger partial charge in [-0.25, -0.2) is 4.98 Å². The van der Waals surface area contributed by atoms with Gasteiger partial charge in [-0.2, -0.15) is 5.26 Å². The van der Waals surface area contributed by atoms with E-state index in [1.165, 1.54) is 0 Å². The van der Waals surface area contributed by atoms with Crippen molar-refractivity contribution in [1.82, 2.24) is 4.98 Å². The molecule has 0 unspecified atom stereocenters. The fourth-order valence-corrected chi connectivity index (χ4v) is 2.43. The highest BCUT2D eigenvalue weighted by Gasteiger charge is 2.17. The number of benzene rings is 1. The van der Waals surface area contributed by atoms with E-state index in [-0.39, 0.29) is 5.76 Å². The first-order chi connectivity index (χ1) is 9.69. The van der Waals surface area contributed by atoms with Crippen molar-refractivity contribution in [3.63, 3.8) is 0 Å². The molecule has 0 radical (unpaired) electrons. The van der Waals surface area contributed by atoms with Gasteiger partial charge in [-0.3, -0.25) is 0 Å². The lowest BCUT2D eigenvalue weighted by Gasteiger charge is -2.05. The van der Waals surface area contributed by atoms with E-state index in [9.17, 15) is 0 Å². The highest BCUT2D eigenvalue weighted by Crippen LogP contribution is 2.37. The molecule has 20 heavy (non-hydrogen) atoms. The van der Waals surface area contributed by atoms with Crippen molar-refractivity contribution in [1.29, 1.82) is 5.26 Å². The molecule has 5 heteroatoms. The zero-order chi connectivity index (χ0) is 14.1. The Hall–Kier alpha value is -2.32. The Morgan fingerprint density at radius 1 is 1.35 bits per heavy atom. The molecule has 0 amide bonds. The Balaban J connectivity index is 2.12. The zero-order valence-corrected chi connectivity index (χ0v) is 12.1. The van der Waals surface area contributed by atoms with E-state index in [0.29, 0.717) is 17.2 Å². The molecule has 0 saturated carbocycles. The van der Waals surface area contributed by atoms with Crippen LogP contribution in [0.15, 0.2) is 45.4 Å². The molecule has 3 aromatic rings. The fourth-order valence-electron chi connectivity index (χ4n) is 1.89. The van der Waals surface area contributed by atoms with Crippen LogP contribution in [0.2, 0.25) is 0 Å². The monoisotopic (exact) mass is 328 g/mol. The third-order valence-corrected chi connectivity index (χ3v) is 3.36. The summed E-state index contributed by atoms with van der Waals surface area (Å²) in [5, 5.41) is 9.90. The lowest BCUT2D eigenvalue weighted by Crippen LogP contribution is -1.91. The molecule has 0 aliphatic rings. The van der Waals surface area contributed by atoms with Crippen LogP contribution in [0, 0.1) is 18.3 Å². The zero-order valence-electron chi connectivity index (χ0n) is 10.6. The Morgan fingerprint density at radius 3 is 2.90 bits per heavy atom. The Labute approximate surface area is 123 Å². The maximum Gasteiger partial charge on any atom is 0.247 e. The van der Waals surface area contributed by atoms with Crippen molar-refractivity contribution >= 4 is 26.9 Å². The molecule has 2 heterocycles. The van der Waals surface area contributed by atoms with E-state index in [0.717, 1.165) is 15.4 Å². The topological polar surface area (TPSA) is 59.0 Å². The van der Waals surface area contributed by atoms with Gasteiger partial charge in [-0.05, 0) is 46.6 Å². The van der Waals surface area contributed by atoms with Crippen LogP contribution >= 0.6 is 15.9 Å². The fraction of sp³-hybridized carbons (Fsp3) is 0.0667. The number of aromatic nitrogens is 1. The predicted molar refractivity (Wildman–Crippen MR) is 77.7 cm³/mol. The minimum atomic E-state index is 0.139. The molecule has 1 aromatic carbocycles. The molecular weight excluding hydrogens is 320 g/mol. The van der Waals surface area contributed by atoms with Crippen molar-refractivity contribution in [2.75, 3.05) is 0 Å². The minimum Gasteiger partial charge on any atom is -0.442 e. The van der Waals surface area contributed by atoms with E-state index in [4.69, 9.17) is 14.4 Å². The average Bonchev–Trinajstić information content (AvgIpc) is 2.80. The number of halogens is 1. The molecule has 0 spiro atoms. The van der Waals surface area contributed by atoms with Crippen LogP contribution in [0.3, 0.4) is 0 Å². The third kappa shape index (κ3) is 2.15. The molecule has 0 saturated heterocycles. The van der Waals surface area contributed by atoms with Gasteiger partial charge in [-0.15, -0.1) is 0 Å². The number of hydrogen-bond donors (Lipinski definition) is 0. The SMILES string of the molecule is Cc1cnc(Oc2c(C#N)oc3ccccc23)c(Br)c1.